The van der Waals surface area contributed by atoms with Gasteiger partial charge in [-0.2, -0.15) is 0 Å². The number of carbonyl (C=O) groups excluding carboxylic acids is 1. The molecule has 0 saturated carbocycles. The molecule has 27 heavy (non-hydrogen) atoms. The van der Waals surface area contributed by atoms with Gasteiger partial charge < -0.3 is 15.0 Å². The van der Waals surface area contributed by atoms with E-state index >= 15 is 0 Å². The van der Waals surface area contributed by atoms with Gasteiger partial charge in [-0.15, -0.1) is 0 Å². The summed E-state index contributed by atoms with van der Waals surface area (Å²) in [6, 6.07) is 18.2. The molecule has 0 aliphatic carbocycles. The fourth-order valence-electron chi connectivity index (χ4n) is 2.81. The molecule has 0 aromatic heterocycles. The van der Waals surface area contributed by atoms with Gasteiger partial charge in [-0.25, -0.2) is 0 Å². The number of ether oxygens (including phenoxy) is 1. The number of hydrogen-bond acceptors (Lipinski definition) is 5. The van der Waals surface area contributed by atoms with Crippen molar-refractivity contribution in [2.75, 3.05) is 30.9 Å². The van der Waals surface area contributed by atoms with Crippen LogP contribution in [0.5, 0.6) is 5.75 Å². The average Bonchev–Trinajstić information content (AvgIpc) is 2.67. The van der Waals surface area contributed by atoms with Gasteiger partial charge in [-0.1, -0.05) is 30.3 Å². The molecule has 0 spiro atoms. The number of nitrogens with zero attached hydrogens (tertiary/aromatic N) is 2. The number of rotatable bonds is 6. The van der Waals surface area contributed by atoms with Crippen molar-refractivity contribution in [3.05, 3.63) is 70.8 Å². The van der Waals surface area contributed by atoms with E-state index in [0.717, 1.165) is 16.5 Å². The molecule has 0 fully saturated rings. The molecule has 1 amide bonds. The Morgan fingerprint density at radius 1 is 1.11 bits per heavy atom. The molecule has 7 heteroatoms. The van der Waals surface area contributed by atoms with Crippen molar-refractivity contribution in [3.63, 3.8) is 0 Å². The summed E-state index contributed by atoms with van der Waals surface area (Å²) in [5.74, 6) is 0.00639. The molecular formula is C20H19N3O4. The SMILES string of the molecule is COc1ccc(NC(=O)CN(C)c2ccc3ccccc3c2)c([N+](=O)[O-])c1. The number of amides is 1. The maximum atomic E-state index is 12.4. The van der Waals surface area contributed by atoms with Crippen LogP contribution in [0.3, 0.4) is 0 Å². The fourth-order valence-corrected chi connectivity index (χ4v) is 2.81. The fraction of sp³-hybridized carbons (Fsp3) is 0.150. The monoisotopic (exact) mass is 365 g/mol. The Labute approximate surface area is 156 Å². The number of hydrogen-bond donors (Lipinski definition) is 1. The van der Waals surface area contributed by atoms with E-state index < -0.39 is 4.92 Å². The molecule has 0 aliphatic heterocycles. The predicted molar refractivity (Wildman–Crippen MR) is 105 cm³/mol. The van der Waals surface area contributed by atoms with E-state index in [1.165, 1.54) is 19.2 Å². The van der Waals surface area contributed by atoms with Gasteiger partial charge in [0, 0.05) is 12.7 Å². The third-order valence-corrected chi connectivity index (χ3v) is 4.23. The van der Waals surface area contributed by atoms with Crippen LogP contribution in [-0.2, 0) is 4.79 Å². The Morgan fingerprint density at radius 2 is 1.85 bits per heavy atom. The largest absolute Gasteiger partial charge is 0.496 e. The van der Waals surface area contributed by atoms with Crippen molar-refractivity contribution in [2.24, 2.45) is 0 Å². The summed E-state index contributed by atoms with van der Waals surface area (Å²) in [7, 11) is 3.22. The molecule has 0 aliphatic rings. The average molecular weight is 365 g/mol. The second-order valence-corrected chi connectivity index (χ2v) is 6.08. The number of nitro groups is 1. The Kier molecular flexibility index (Phi) is 5.21. The molecule has 0 unspecified atom stereocenters. The quantitative estimate of drug-likeness (QED) is 0.530. The highest BCUT2D eigenvalue weighted by Crippen LogP contribution is 2.29. The Hall–Kier alpha value is -3.61. The van der Waals surface area contributed by atoms with Crippen molar-refractivity contribution in [1.29, 1.82) is 0 Å². The van der Waals surface area contributed by atoms with Gasteiger partial charge in [0.05, 0.1) is 24.6 Å². The van der Waals surface area contributed by atoms with E-state index in [2.05, 4.69) is 5.32 Å². The zero-order valence-electron chi connectivity index (χ0n) is 15.0. The minimum absolute atomic E-state index is 0.0571. The molecule has 3 rings (SSSR count). The van der Waals surface area contributed by atoms with Crippen LogP contribution >= 0.6 is 0 Å². The maximum absolute atomic E-state index is 12.4. The lowest BCUT2D eigenvalue weighted by Crippen LogP contribution is -2.30. The molecule has 0 atom stereocenters. The first-order chi connectivity index (χ1) is 13.0. The van der Waals surface area contributed by atoms with Gasteiger partial charge in [0.2, 0.25) is 5.91 Å². The first-order valence-electron chi connectivity index (χ1n) is 8.30. The number of methoxy groups -OCH3 is 1. The number of benzene rings is 3. The van der Waals surface area contributed by atoms with Crippen LogP contribution in [0.4, 0.5) is 17.1 Å². The number of fused-ring (bicyclic) bond motifs is 1. The van der Waals surface area contributed by atoms with Crippen molar-refractivity contribution < 1.29 is 14.5 Å². The smallest absolute Gasteiger partial charge is 0.296 e. The van der Waals surface area contributed by atoms with Crippen LogP contribution in [-0.4, -0.2) is 31.5 Å². The molecule has 3 aromatic rings. The van der Waals surface area contributed by atoms with Crippen molar-refractivity contribution in [2.45, 2.75) is 0 Å². The second-order valence-electron chi connectivity index (χ2n) is 6.08. The van der Waals surface area contributed by atoms with Crippen molar-refractivity contribution >= 4 is 33.7 Å². The zero-order chi connectivity index (χ0) is 19.4. The molecule has 1 N–H and O–H groups in total. The Morgan fingerprint density at radius 3 is 2.56 bits per heavy atom. The summed E-state index contributed by atoms with van der Waals surface area (Å²) in [4.78, 5) is 24.8. The van der Waals surface area contributed by atoms with E-state index in [9.17, 15) is 14.9 Å². The summed E-state index contributed by atoms with van der Waals surface area (Å²) in [5.41, 5.74) is 0.807. The molecule has 138 valence electrons. The molecule has 0 radical (unpaired) electrons. The summed E-state index contributed by atoms with van der Waals surface area (Å²) in [6.45, 7) is 0.0571. The lowest BCUT2D eigenvalue weighted by atomic mass is 10.1. The summed E-state index contributed by atoms with van der Waals surface area (Å²) in [5, 5.41) is 16.0. The highest BCUT2D eigenvalue weighted by atomic mass is 16.6. The topological polar surface area (TPSA) is 84.7 Å². The highest BCUT2D eigenvalue weighted by molar-refractivity contribution is 5.96. The molecule has 0 heterocycles. The van der Waals surface area contributed by atoms with Crippen LogP contribution in [0.25, 0.3) is 10.8 Å². The van der Waals surface area contributed by atoms with Gasteiger partial charge >= 0.3 is 0 Å². The van der Waals surface area contributed by atoms with E-state index in [1.807, 2.05) is 42.5 Å². The molecule has 7 nitrogen and oxygen atoms in total. The van der Waals surface area contributed by atoms with Crippen LogP contribution < -0.4 is 15.0 Å². The van der Waals surface area contributed by atoms with Crippen LogP contribution in [0.2, 0.25) is 0 Å². The zero-order valence-corrected chi connectivity index (χ0v) is 15.0. The standard InChI is InChI=1S/C20H19N3O4/c1-22(16-8-7-14-5-3-4-6-15(14)11-16)13-20(24)21-18-10-9-17(27-2)12-19(18)23(25)26/h3-12H,13H2,1-2H3,(H,21,24). The lowest BCUT2D eigenvalue weighted by Gasteiger charge is -2.19. The van der Waals surface area contributed by atoms with E-state index in [4.69, 9.17) is 4.74 Å². The van der Waals surface area contributed by atoms with Crippen molar-refractivity contribution in [1.82, 2.24) is 0 Å². The van der Waals surface area contributed by atoms with Crippen LogP contribution in [0, 0.1) is 10.1 Å². The van der Waals surface area contributed by atoms with Gasteiger partial charge in [-0.3, -0.25) is 14.9 Å². The lowest BCUT2D eigenvalue weighted by molar-refractivity contribution is -0.384. The normalized spacial score (nSPS) is 10.4. The predicted octanol–water partition coefficient (Wildman–Crippen LogP) is 3.83. The minimum atomic E-state index is -0.550. The van der Waals surface area contributed by atoms with Gasteiger partial charge in [-0.05, 0) is 35.0 Å². The van der Waals surface area contributed by atoms with E-state index in [0.29, 0.717) is 5.75 Å². The third-order valence-electron chi connectivity index (χ3n) is 4.23. The van der Waals surface area contributed by atoms with Crippen LogP contribution in [0.1, 0.15) is 0 Å². The van der Waals surface area contributed by atoms with Gasteiger partial charge in [0.25, 0.3) is 5.69 Å². The number of nitrogens with one attached hydrogen (secondary N) is 1. The first kappa shape index (κ1) is 18.2. The third kappa shape index (κ3) is 4.14. The number of nitro benzene ring substituents is 1. The number of carbonyl (C=O) groups is 1. The van der Waals surface area contributed by atoms with Gasteiger partial charge in [0.1, 0.15) is 11.4 Å². The molecule has 0 bridgehead atoms. The van der Waals surface area contributed by atoms with Crippen LogP contribution in [0.15, 0.2) is 60.7 Å². The highest BCUT2D eigenvalue weighted by Gasteiger charge is 2.18. The maximum Gasteiger partial charge on any atom is 0.296 e. The Balaban J connectivity index is 1.74. The number of anilines is 2. The summed E-state index contributed by atoms with van der Waals surface area (Å²) >= 11 is 0. The first-order valence-corrected chi connectivity index (χ1v) is 8.30. The summed E-state index contributed by atoms with van der Waals surface area (Å²) in [6.07, 6.45) is 0. The Bertz CT molecular complexity index is 1000. The van der Waals surface area contributed by atoms with Gasteiger partial charge in [0.15, 0.2) is 0 Å². The van der Waals surface area contributed by atoms with E-state index in [-0.39, 0.29) is 23.8 Å². The second kappa shape index (κ2) is 7.74. The molecule has 3 aromatic carbocycles. The molecule has 0 saturated heterocycles. The number of likely N-dealkylation sites (N-methyl/N-ethyl adjacent to an activating group) is 1. The summed E-state index contributed by atoms with van der Waals surface area (Å²) < 4.78 is 5.00. The van der Waals surface area contributed by atoms with E-state index in [1.54, 1.807) is 18.0 Å². The molecular weight excluding hydrogens is 346 g/mol. The minimum Gasteiger partial charge on any atom is -0.496 e. The van der Waals surface area contributed by atoms with Crippen molar-refractivity contribution in [3.8, 4) is 5.75 Å².